The normalized spacial score (nSPS) is 17.5. The van der Waals surface area contributed by atoms with Crippen molar-refractivity contribution in [3.05, 3.63) is 53.3 Å². The molecule has 0 N–H and O–H groups in total. The van der Waals surface area contributed by atoms with Crippen LogP contribution < -0.4 is 4.90 Å². The number of hydrogen-bond donors (Lipinski definition) is 0. The number of nitrogens with zero attached hydrogens (tertiary/aromatic N) is 4. The van der Waals surface area contributed by atoms with Crippen LogP contribution in [-0.4, -0.2) is 47.1 Å². The van der Waals surface area contributed by atoms with Crippen LogP contribution in [0.4, 0.5) is 5.95 Å². The summed E-state index contributed by atoms with van der Waals surface area (Å²) in [7, 11) is 0. The van der Waals surface area contributed by atoms with Crippen molar-refractivity contribution in [2.24, 2.45) is 0 Å². The molecule has 0 saturated carbocycles. The fourth-order valence-electron chi connectivity index (χ4n) is 2.98. The number of morpholine rings is 1. The Bertz CT molecular complexity index is 714. The molecule has 1 amide bonds. The molecular formula is C17H18N4O2. The van der Waals surface area contributed by atoms with Crippen molar-refractivity contribution >= 4 is 11.9 Å². The van der Waals surface area contributed by atoms with Crippen LogP contribution in [0.25, 0.3) is 0 Å². The molecule has 0 spiro atoms. The van der Waals surface area contributed by atoms with Crippen molar-refractivity contribution in [3.8, 4) is 0 Å². The molecule has 6 nitrogen and oxygen atoms in total. The molecule has 118 valence electrons. The summed E-state index contributed by atoms with van der Waals surface area (Å²) >= 11 is 0. The van der Waals surface area contributed by atoms with Crippen LogP contribution in [0.5, 0.6) is 0 Å². The summed E-state index contributed by atoms with van der Waals surface area (Å²) in [6.45, 7) is 4.12. The number of ether oxygens (including phenoxy) is 1. The highest BCUT2D eigenvalue weighted by Gasteiger charge is 2.30. The summed E-state index contributed by atoms with van der Waals surface area (Å²) in [5.41, 5.74) is 2.57. The van der Waals surface area contributed by atoms with Crippen LogP contribution >= 0.6 is 0 Å². The Morgan fingerprint density at radius 2 is 1.91 bits per heavy atom. The van der Waals surface area contributed by atoms with E-state index in [0.29, 0.717) is 37.8 Å². The van der Waals surface area contributed by atoms with Gasteiger partial charge in [0.1, 0.15) is 0 Å². The molecule has 0 bridgehead atoms. The summed E-state index contributed by atoms with van der Waals surface area (Å²) in [6, 6.07) is 10.0. The van der Waals surface area contributed by atoms with E-state index >= 15 is 0 Å². The van der Waals surface area contributed by atoms with Crippen molar-refractivity contribution in [3.63, 3.8) is 0 Å². The zero-order valence-corrected chi connectivity index (χ0v) is 12.8. The zero-order chi connectivity index (χ0) is 15.6. The number of rotatable bonds is 3. The second-order valence-electron chi connectivity index (χ2n) is 5.78. The van der Waals surface area contributed by atoms with Crippen LogP contribution in [0.15, 0.2) is 36.5 Å². The molecule has 1 aromatic carbocycles. The third-order valence-electron chi connectivity index (χ3n) is 4.22. The maximum Gasteiger partial charge on any atom is 0.258 e. The molecule has 1 saturated heterocycles. The van der Waals surface area contributed by atoms with E-state index in [1.807, 2.05) is 35.2 Å². The van der Waals surface area contributed by atoms with Crippen LogP contribution in [-0.2, 0) is 17.8 Å². The summed E-state index contributed by atoms with van der Waals surface area (Å²) in [5.74, 6) is 0.707. The Hall–Kier alpha value is -2.47. The molecule has 2 aromatic rings. The first-order valence-electron chi connectivity index (χ1n) is 7.83. The summed E-state index contributed by atoms with van der Waals surface area (Å²) in [5, 5.41) is 0. The number of hydrogen-bond acceptors (Lipinski definition) is 5. The average Bonchev–Trinajstić information content (AvgIpc) is 2.92. The fraction of sp³-hybridized carbons (Fsp3) is 0.353. The van der Waals surface area contributed by atoms with Crippen LogP contribution in [0.3, 0.4) is 0 Å². The number of fused-ring (bicyclic) bond motifs is 1. The maximum absolute atomic E-state index is 12.5. The van der Waals surface area contributed by atoms with Gasteiger partial charge in [-0.2, -0.15) is 0 Å². The Labute approximate surface area is 134 Å². The first-order chi connectivity index (χ1) is 11.3. The molecule has 0 radical (unpaired) electrons. The molecule has 2 aliphatic rings. The van der Waals surface area contributed by atoms with Crippen molar-refractivity contribution in [1.82, 2.24) is 14.9 Å². The van der Waals surface area contributed by atoms with E-state index in [-0.39, 0.29) is 5.91 Å². The van der Waals surface area contributed by atoms with Gasteiger partial charge in [-0.05, 0) is 5.56 Å². The Balaban J connectivity index is 1.53. The number of carbonyl (C=O) groups excluding carboxylic acids is 1. The monoisotopic (exact) mass is 310 g/mol. The number of benzene rings is 1. The van der Waals surface area contributed by atoms with E-state index in [1.165, 1.54) is 0 Å². The van der Waals surface area contributed by atoms with Crippen molar-refractivity contribution in [1.29, 1.82) is 0 Å². The van der Waals surface area contributed by atoms with Gasteiger partial charge in [-0.1, -0.05) is 30.3 Å². The third kappa shape index (κ3) is 2.77. The molecule has 23 heavy (non-hydrogen) atoms. The highest BCUT2D eigenvalue weighted by atomic mass is 16.5. The highest BCUT2D eigenvalue weighted by Crippen LogP contribution is 2.24. The van der Waals surface area contributed by atoms with Crippen molar-refractivity contribution in [2.75, 3.05) is 31.2 Å². The molecule has 2 aliphatic heterocycles. The third-order valence-corrected chi connectivity index (χ3v) is 4.22. The molecular weight excluding hydrogens is 292 g/mol. The predicted molar refractivity (Wildman–Crippen MR) is 85.1 cm³/mol. The average molecular weight is 310 g/mol. The number of aromatic nitrogens is 2. The number of carbonyl (C=O) groups is 1. The van der Waals surface area contributed by atoms with Crippen LogP contribution in [0.2, 0.25) is 0 Å². The topological polar surface area (TPSA) is 58.6 Å². The van der Waals surface area contributed by atoms with Gasteiger partial charge in [-0.25, -0.2) is 9.97 Å². The van der Waals surface area contributed by atoms with Crippen molar-refractivity contribution in [2.45, 2.75) is 13.1 Å². The summed E-state index contributed by atoms with van der Waals surface area (Å²) < 4.78 is 5.35. The van der Waals surface area contributed by atoms with Crippen molar-refractivity contribution < 1.29 is 9.53 Å². The second-order valence-corrected chi connectivity index (χ2v) is 5.78. The van der Waals surface area contributed by atoms with Gasteiger partial charge in [0.15, 0.2) is 0 Å². The van der Waals surface area contributed by atoms with E-state index in [9.17, 15) is 4.79 Å². The van der Waals surface area contributed by atoms with E-state index < -0.39 is 0 Å². The lowest BCUT2D eigenvalue weighted by molar-refractivity contribution is 0.0766. The predicted octanol–water partition coefficient (Wildman–Crippen LogP) is 1.47. The minimum absolute atomic E-state index is 0.0115. The lowest BCUT2D eigenvalue weighted by atomic mass is 10.2. The standard InChI is InChI=1S/C17H18N4O2/c22-16-14-10-18-17(20-6-8-23-9-7-20)19-15(14)12-21(16)11-13-4-2-1-3-5-13/h1-5,10H,6-9,11-12H2. The molecule has 0 atom stereocenters. The van der Waals surface area contributed by atoms with Gasteiger partial charge in [-0.3, -0.25) is 4.79 Å². The van der Waals surface area contributed by atoms with E-state index in [0.717, 1.165) is 24.3 Å². The molecule has 6 heteroatoms. The fourth-order valence-corrected chi connectivity index (χ4v) is 2.98. The van der Waals surface area contributed by atoms with Gasteiger partial charge in [0.2, 0.25) is 5.95 Å². The highest BCUT2D eigenvalue weighted by molar-refractivity contribution is 5.97. The molecule has 1 fully saturated rings. The first kappa shape index (κ1) is 14.1. The molecule has 3 heterocycles. The number of amides is 1. The van der Waals surface area contributed by atoms with Gasteiger partial charge in [0, 0.05) is 25.8 Å². The van der Waals surface area contributed by atoms with E-state index in [1.54, 1.807) is 6.20 Å². The maximum atomic E-state index is 12.5. The second kappa shape index (κ2) is 5.96. The largest absolute Gasteiger partial charge is 0.378 e. The lowest BCUT2D eigenvalue weighted by Gasteiger charge is -2.26. The summed E-state index contributed by atoms with van der Waals surface area (Å²) in [6.07, 6.45) is 1.67. The van der Waals surface area contributed by atoms with E-state index in [2.05, 4.69) is 14.9 Å². The molecule has 1 aromatic heterocycles. The van der Waals surface area contributed by atoms with Gasteiger partial charge in [-0.15, -0.1) is 0 Å². The first-order valence-corrected chi connectivity index (χ1v) is 7.83. The smallest absolute Gasteiger partial charge is 0.258 e. The Kier molecular flexibility index (Phi) is 3.67. The zero-order valence-electron chi connectivity index (χ0n) is 12.8. The quantitative estimate of drug-likeness (QED) is 0.859. The molecule has 0 aliphatic carbocycles. The van der Waals surface area contributed by atoms with Crippen LogP contribution in [0, 0.1) is 0 Å². The minimum Gasteiger partial charge on any atom is -0.378 e. The molecule has 4 rings (SSSR count). The van der Waals surface area contributed by atoms with Crippen LogP contribution in [0.1, 0.15) is 21.6 Å². The Morgan fingerprint density at radius 3 is 2.70 bits per heavy atom. The van der Waals surface area contributed by atoms with Gasteiger partial charge in [0.05, 0.1) is 31.0 Å². The molecule has 0 unspecified atom stereocenters. The minimum atomic E-state index is 0.0115. The van der Waals surface area contributed by atoms with Gasteiger partial charge in [0.25, 0.3) is 5.91 Å². The Morgan fingerprint density at radius 1 is 1.13 bits per heavy atom. The van der Waals surface area contributed by atoms with Gasteiger partial charge < -0.3 is 14.5 Å². The SMILES string of the molecule is O=C1c2cnc(N3CCOCC3)nc2CN1Cc1ccccc1. The number of anilines is 1. The van der Waals surface area contributed by atoms with Gasteiger partial charge >= 0.3 is 0 Å². The van der Waals surface area contributed by atoms with E-state index in [4.69, 9.17) is 4.74 Å². The summed E-state index contributed by atoms with van der Waals surface area (Å²) in [4.78, 5) is 25.4. The lowest BCUT2D eigenvalue weighted by Crippen LogP contribution is -2.37.